The Hall–Kier alpha value is -2.98. The van der Waals surface area contributed by atoms with Gasteiger partial charge in [-0.2, -0.15) is 0 Å². The Balaban J connectivity index is 1.39. The lowest BCUT2D eigenvalue weighted by atomic mass is 10.0. The minimum atomic E-state index is -0.417. The molecule has 1 fully saturated rings. The van der Waals surface area contributed by atoms with Gasteiger partial charge in [-0.3, -0.25) is 9.59 Å². The Kier molecular flexibility index (Phi) is 7.47. The third kappa shape index (κ3) is 5.23. The maximum atomic E-state index is 13.1. The summed E-state index contributed by atoms with van der Waals surface area (Å²) in [5.41, 5.74) is 0.957. The Bertz CT molecular complexity index is 1130. The quantitative estimate of drug-likeness (QED) is 0.528. The first-order chi connectivity index (χ1) is 16.3. The molecular formula is C22H26Cl2N8O2. The van der Waals surface area contributed by atoms with Crippen LogP contribution >= 0.6 is 23.2 Å². The van der Waals surface area contributed by atoms with Crippen LogP contribution in [0.3, 0.4) is 0 Å². The Labute approximate surface area is 207 Å². The van der Waals surface area contributed by atoms with Crippen molar-refractivity contribution in [1.29, 1.82) is 0 Å². The maximum absolute atomic E-state index is 13.1. The van der Waals surface area contributed by atoms with Gasteiger partial charge in [0.05, 0.1) is 34.4 Å². The lowest BCUT2D eigenvalue weighted by Crippen LogP contribution is -2.41. The van der Waals surface area contributed by atoms with Gasteiger partial charge in [0, 0.05) is 13.1 Å². The van der Waals surface area contributed by atoms with E-state index in [-0.39, 0.29) is 30.3 Å². The molecule has 0 bridgehead atoms. The van der Waals surface area contributed by atoms with Gasteiger partial charge >= 0.3 is 0 Å². The van der Waals surface area contributed by atoms with E-state index in [0.29, 0.717) is 34.4 Å². The number of rotatable bonds is 7. The molecule has 34 heavy (non-hydrogen) atoms. The summed E-state index contributed by atoms with van der Waals surface area (Å²) in [6.07, 6.45) is 6.56. The molecular weight excluding hydrogens is 479 g/mol. The number of likely N-dealkylation sites (tertiary alicyclic amines) is 1. The summed E-state index contributed by atoms with van der Waals surface area (Å²) in [4.78, 5) is 27.6. The lowest BCUT2D eigenvalue weighted by Gasteiger charge is -2.33. The molecule has 2 aromatic heterocycles. The van der Waals surface area contributed by atoms with E-state index in [2.05, 4.69) is 25.8 Å². The number of benzene rings is 1. The number of piperidine rings is 1. The fourth-order valence-corrected chi connectivity index (χ4v) is 4.76. The van der Waals surface area contributed by atoms with Crippen molar-refractivity contribution in [3.8, 4) is 0 Å². The van der Waals surface area contributed by atoms with Crippen LogP contribution in [0.5, 0.6) is 0 Å². The van der Waals surface area contributed by atoms with Crippen LogP contribution in [0.25, 0.3) is 0 Å². The first-order valence-corrected chi connectivity index (χ1v) is 11.9. The van der Waals surface area contributed by atoms with Crippen LogP contribution in [0.4, 0.5) is 0 Å². The molecule has 180 valence electrons. The lowest BCUT2D eigenvalue weighted by molar-refractivity contribution is -0.125. The van der Waals surface area contributed by atoms with E-state index < -0.39 is 6.04 Å². The number of hydrogen-bond donors (Lipinski definition) is 1. The van der Waals surface area contributed by atoms with Gasteiger partial charge < -0.3 is 14.8 Å². The zero-order valence-corrected chi connectivity index (χ0v) is 20.4. The molecule has 0 aliphatic carbocycles. The third-order valence-electron chi connectivity index (χ3n) is 5.89. The highest BCUT2D eigenvalue weighted by Gasteiger charge is 2.29. The molecule has 4 rings (SSSR count). The van der Waals surface area contributed by atoms with Crippen molar-refractivity contribution < 1.29 is 9.59 Å². The number of carbonyl (C=O) groups excluding carboxylic acids is 2. The molecule has 3 aromatic rings. The maximum Gasteiger partial charge on any atom is 0.256 e. The van der Waals surface area contributed by atoms with E-state index in [1.807, 2.05) is 20.0 Å². The number of aromatic nitrogens is 6. The second-order valence-corrected chi connectivity index (χ2v) is 9.46. The average molecular weight is 505 g/mol. The van der Waals surface area contributed by atoms with Gasteiger partial charge in [0.25, 0.3) is 5.91 Å². The largest absolute Gasteiger partial charge is 0.349 e. The van der Waals surface area contributed by atoms with Gasteiger partial charge in [-0.05, 0) is 30.9 Å². The van der Waals surface area contributed by atoms with Gasteiger partial charge in [-0.1, -0.05) is 48.3 Å². The molecule has 0 radical (unpaired) electrons. The van der Waals surface area contributed by atoms with Crippen LogP contribution < -0.4 is 5.32 Å². The number of hydrogen-bond acceptors (Lipinski definition) is 6. The predicted molar refractivity (Wildman–Crippen MR) is 126 cm³/mol. The third-order valence-corrected chi connectivity index (χ3v) is 6.52. The predicted octanol–water partition coefficient (Wildman–Crippen LogP) is 3.17. The summed E-state index contributed by atoms with van der Waals surface area (Å²) in [6.45, 7) is 5.26. The molecule has 1 saturated heterocycles. The SMILES string of the molecule is CC(C)C(C(=O)NCc1cn(C2CCCN(C(=O)c3c(Cl)cccc3Cl)C2)nn1)n1cnnc1. The molecule has 2 atom stereocenters. The second kappa shape index (κ2) is 10.5. The summed E-state index contributed by atoms with van der Waals surface area (Å²) in [6, 6.07) is 4.59. The highest BCUT2D eigenvalue weighted by Crippen LogP contribution is 2.29. The number of nitrogens with zero attached hydrogens (tertiary/aromatic N) is 7. The molecule has 2 unspecified atom stereocenters. The molecule has 1 N–H and O–H groups in total. The van der Waals surface area contributed by atoms with E-state index in [1.54, 1.807) is 32.3 Å². The first kappa shape index (κ1) is 24.2. The average Bonchev–Trinajstić information content (AvgIpc) is 3.50. The van der Waals surface area contributed by atoms with E-state index in [4.69, 9.17) is 23.2 Å². The van der Waals surface area contributed by atoms with E-state index in [1.165, 1.54) is 12.7 Å². The molecule has 1 aliphatic heterocycles. The van der Waals surface area contributed by atoms with Crippen molar-refractivity contribution in [2.75, 3.05) is 13.1 Å². The molecule has 0 saturated carbocycles. The van der Waals surface area contributed by atoms with Crippen LogP contribution in [-0.2, 0) is 11.3 Å². The topological polar surface area (TPSA) is 111 Å². The normalized spacial score (nSPS) is 17.1. The Morgan fingerprint density at radius 1 is 1.18 bits per heavy atom. The number of carbonyl (C=O) groups is 2. The van der Waals surface area contributed by atoms with Gasteiger partial charge in [0.1, 0.15) is 24.4 Å². The smallest absolute Gasteiger partial charge is 0.256 e. The molecule has 1 aliphatic rings. The van der Waals surface area contributed by atoms with Gasteiger partial charge in [0.15, 0.2) is 0 Å². The van der Waals surface area contributed by atoms with Crippen molar-refractivity contribution in [2.24, 2.45) is 5.92 Å². The monoisotopic (exact) mass is 504 g/mol. The number of nitrogens with one attached hydrogen (secondary N) is 1. The fraction of sp³-hybridized carbons (Fsp3) is 0.455. The molecule has 1 aromatic carbocycles. The Morgan fingerprint density at radius 2 is 1.88 bits per heavy atom. The standard InChI is InChI=1S/C22H26Cl2N8O2/c1-14(2)20(31-12-26-27-13-31)21(33)25-9-15-10-32(29-28-15)16-5-4-8-30(11-16)22(34)19-17(23)6-3-7-18(19)24/h3,6-7,10,12-14,16,20H,4-5,8-9,11H2,1-2H3,(H,25,33). The fourth-order valence-electron chi connectivity index (χ4n) is 4.21. The summed E-state index contributed by atoms with van der Waals surface area (Å²) in [5, 5.41) is 19.6. The van der Waals surface area contributed by atoms with Crippen LogP contribution in [0.15, 0.2) is 37.1 Å². The molecule has 10 nitrogen and oxygen atoms in total. The summed E-state index contributed by atoms with van der Waals surface area (Å²) >= 11 is 12.5. The van der Waals surface area contributed by atoms with Crippen LogP contribution in [0.2, 0.25) is 10.0 Å². The number of halogens is 2. The summed E-state index contributed by atoms with van der Waals surface area (Å²) in [5.74, 6) is -0.277. The Morgan fingerprint density at radius 3 is 2.56 bits per heavy atom. The first-order valence-electron chi connectivity index (χ1n) is 11.1. The zero-order valence-electron chi connectivity index (χ0n) is 18.9. The van der Waals surface area contributed by atoms with E-state index >= 15 is 0 Å². The van der Waals surface area contributed by atoms with Crippen molar-refractivity contribution in [3.63, 3.8) is 0 Å². The molecule has 3 heterocycles. The second-order valence-electron chi connectivity index (χ2n) is 8.65. The molecule has 0 spiro atoms. The summed E-state index contributed by atoms with van der Waals surface area (Å²) in [7, 11) is 0. The van der Waals surface area contributed by atoms with E-state index in [9.17, 15) is 9.59 Å². The molecule has 12 heteroatoms. The highest BCUT2D eigenvalue weighted by molar-refractivity contribution is 6.39. The number of amides is 2. The van der Waals surface area contributed by atoms with Gasteiger partial charge in [0.2, 0.25) is 5.91 Å². The van der Waals surface area contributed by atoms with Crippen molar-refractivity contribution >= 4 is 35.0 Å². The van der Waals surface area contributed by atoms with Crippen LogP contribution in [0.1, 0.15) is 54.8 Å². The zero-order chi connectivity index (χ0) is 24.2. The molecule has 2 amide bonds. The minimum absolute atomic E-state index is 0.0312. The van der Waals surface area contributed by atoms with Crippen molar-refractivity contribution in [2.45, 2.75) is 45.3 Å². The van der Waals surface area contributed by atoms with Crippen LogP contribution in [-0.4, -0.2) is 59.6 Å². The van der Waals surface area contributed by atoms with Crippen molar-refractivity contribution in [3.05, 3.63) is 58.4 Å². The highest BCUT2D eigenvalue weighted by atomic mass is 35.5. The summed E-state index contributed by atoms with van der Waals surface area (Å²) < 4.78 is 3.45. The van der Waals surface area contributed by atoms with E-state index in [0.717, 1.165) is 12.8 Å². The minimum Gasteiger partial charge on any atom is -0.349 e. The van der Waals surface area contributed by atoms with Crippen molar-refractivity contribution in [1.82, 2.24) is 40.0 Å². The van der Waals surface area contributed by atoms with Crippen LogP contribution in [0, 0.1) is 5.92 Å². The van der Waals surface area contributed by atoms with Gasteiger partial charge in [-0.15, -0.1) is 15.3 Å². The van der Waals surface area contributed by atoms with Gasteiger partial charge in [-0.25, -0.2) is 4.68 Å².